The van der Waals surface area contributed by atoms with E-state index >= 15 is 0 Å². The zero-order valence-corrected chi connectivity index (χ0v) is 7.12. The van der Waals surface area contributed by atoms with Crippen molar-refractivity contribution in [3.8, 4) is 11.9 Å². The highest BCUT2D eigenvalue weighted by molar-refractivity contribution is 6.36. The van der Waals surface area contributed by atoms with Gasteiger partial charge in [-0.05, 0) is 12.1 Å². The molecule has 0 unspecified atom stereocenters. The fraction of sp³-hybridized carbons (Fsp3) is 0. The molecule has 2 rings (SSSR count). The van der Waals surface area contributed by atoms with Crippen LogP contribution in [-0.2, 0) is 0 Å². The molecule has 0 saturated carbocycles. The fourth-order valence-electron chi connectivity index (χ4n) is 0.884. The highest BCUT2D eigenvalue weighted by Crippen LogP contribution is 2.14. The van der Waals surface area contributed by atoms with Crippen LogP contribution in [0.5, 0.6) is 11.9 Å². The lowest BCUT2D eigenvalue weighted by Gasteiger charge is -2.05. The van der Waals surface area contributed by atoms with Gasteiger partial charge in [-0.25, -0.2) is 0 Å². The van der Waals surface area contributed by atoms with Gasteiger partial charge in [0.15, 0.2) is 0 Å². The van der Waals surface area contributed by atoms with Gasteiger partial charge in [-0.2, -0.15) is 0 Å². The zero-order chi connectivity index (χ0) is 9.80. The van der Waals surface area contributed by atoms with Crippen molar-refractivity contribution < 1.29 is 23.2 Å². The Morgan fingerprint density at radius 1 is 1.00 bits per heavy atom. The summed E-state index contributed by atoms with van der Waals surface area (Å²) in [6.45, 7) is 0. The van der Waals surface area contributed by atoms with Crippen molar-refractivity contribution >= 4 is 7.32 Å². The standard InChI is InChI=1S/C8H7BO5/c10-9(13-7-3-1-5-11-7)14-8-4-2-6-12-8/h1-6,10H. The summed E-state index contributed by atoms with van der Waals surface area (Å²) < 4.78 is 19.3. The maximum absolute atomic E-state index is 9.23. The lowest BCUT2D eigenvalue weighted by atomic mass is 10.2. The molecule has 0 radical (unpaired) electrons. The maximum atomic E-state index is 9.23. The minimum absolute atomic E-state index is 0.170. The highest BCUT2D eigenvalue weighted by atomic mass is 16.7. The molecule has 2 heterocycles. The molecular weight excluding hydrogens is 187 g/mol. The summed E-state index contributed by atoms with van der Waals surface area (Å²) in [6.07, 6.45) is 2.85. The second-order valence-electron chi connectivity index (χ2n) is 2.41. The Labute approximate surface area is 80.0 Å². The Morgan fingerprint density at radius 3 is 1.86 bits per heavy atom. The average Bonchev–Trinajstić information content (AvgIpc) is 2.76. The van der Waals surface area contributed by atoms with Gasteiger partial charge in [0.25, 0.3) is 11.9 Å². The predicted octanol–water partition coefficient (Wildman–Crippen LogP) is 1.31. The quantitative estimate of drug-likeness (QED) is 0.743. The summed E-state index contributed by atoms with van der Waals surface area (Å²) in [5.74, 6) is 0.341. The molecule has 14 heavy (non-hydrogen) atoms. The van der Waals surface area contributed by atoms with Crippen LogP contribution in [0.2, 0.25) is 0 Å². The van der Waals surface area contributed by atoms with E-state index in [1.165, 1.54) is 12.5 Å². The Bertz CT molecular complexity index is 319. The van der Waals surface area contributed by atoms with Crippen LogP contribution in [0.25, 0.3) is 0 Å². The Morgan fingerprint density at radius 2 is 1.50 bits per heavy atom. The minimum atomic E-state index is -1.45. The van der Waals surface area contributed by atoms with Crippen molar-refractivity contribution in [1.82, 2.24) is 0 Å². The Hall–Kier alpha value is -1.82. The third-order valence-electron chi connectivity index (χ3n) is 1.42. The lowest BCUT2D eigenvalue weighted by molar-refractivity contribution is 0.236. The molecule has 0 amide bonds. The van der Waals surface area contributed by atoms with Crippen molar-refractivity contribution in [2.45, 2.75) is 0 Å². The van der Waals surface area contributed by atoms with Gasteiger partial charge < -0.3 is 23.2 Å². The van der Waals surface area contributed by atoms with E-state index in [0.717, 1.165) is 0 Å². The topological polar surface area (TPSA) is 65.0 Å². The van der Waals surface area contributed by atoms with E-state index in [9.17, 15) is 5.02 Å². The largest absolute Gasteiger partial charge is 0.789 e. The molecule has 0 aliphatic heterocycles. The van der Waals surface area contributed by atoms with E-state index in [0.29, 0.717) is 0 Å². The molecule has 0 fully saturated rings. The van der Waals surface area contributed by atoms with E-state index in [-0.39, 0.29) is 11.9 Å². The summed E-state index contributed by atoms with van der Waals surface area (Å²) in [7, 11) is -1.45. The van der Waals surface area contributed by atoms with Crippen LogP contribution in [0.15, 0.2) is 45.6 Å². The van der Waals surface area contributed by atoms with Gasteiger partial charge in [0.1, 0.15) is 0 Å². The van der Waals surface area contributed by atoms with Crippen molar-refractivity contribution in [3.05, 3.63) is 36.8 Å². The summed E-state index contributed by atoms with van der Waals surface area (Å²) in [5, 5.41) is 9.23. The molecular formula is C8H7BO5. The molecule has 0 bridgehead atoms. The van der Waals surface area contributed by atoms with Crippen LogP contribution in [-0.4, -0.2) is 12.3 Å². The molecule has 0 atom stereocenters. The first-order valence-corrected chi connectivity index (χ1v) is 3.93. The van der Waals surface area contributed by atoms with Gasteiger partial charge in [-0.15, -0.1) is 0 Å². The maximum Gasteiger partial charge on any atom is 0.789 e. The van der Waals surface area contributed by atoms with Crippen LogP contribution < -0.4 is 9.31 Å². The van der Waals surface area contributed by atoms with Crippen molar-refractivity contribution in [2.75, 3.05) is 0 Å². The average molecular weight is 194 g/mol. The Balaban J connectivity index is 1.88. The molecule has 5 nitrogen and oxygen atoms in total. The van der Waals surface area contributed by atoms with E-state index in [1.807, 2.05) is 0 Å². The first-order valence-electron chi connectivity index (χ1n) is 3.93. The third-order valence-corrected chi connectivity index (χ3v) is 1.42. The van der Waals surface area contributed by atoms with Gasteiger partial charge in [0.05, 0.1) is 12.5 Å². The Kier molecular flexibility index (Phi) is 2.46. The van der Waals surface area contributed by atoms with E-state index in [1.54, 1.807) is 24.3 Å². The monoisotopic (exact) mass is 194 g/mol. The fourth-order valence-corrected chi connectivity index (χ4v) is 0.884. The van der Waals surface area contributed by atoms with Crippen molar-refractivity contribution in [3.63, 3.8) is 0 Å². The van der Waals surface area contributed by atoms with Gasteiger partial charge in [0, 0.05) is 12.1 Å². The molecule has 0 aliphatic carbocycles. The molecule has 0 aliphatic rings. The molecule has 6 heteroatoms. The molecule has 2 aromatic heterocycles. The smallest absolute Gasteiger partial charge is 0.473 e. The molecule has 72 valence electrons. The van der Waals surface area contributed by atoms with Crippen molar-refractivity contribution in [2.24, 2.45) is 0 Å². The van der Waals surface area contributed by atoms with Crippen LogP contribution in [0.1, 0.15) is 0 Å². The van der Waals surface area contributed by atoms with Crippen LogP contribution in [0.3, 0.4) is 0 Å². The molecule has 2 aromatic rings. The molecule has 0 spiro atoms. The van der Waals surface area contributed by atoms with Crippen LogP contribution in [0, 0.1) is 0 Å². The number of furan rings is 2. The summed E-state index contributed by atoms with van der Waals surface area (Å²) in [5.41, 5.74) is 0. The molecule has 1 N–H and O–H groups in total. The van der Waals surface area contributed by atoms with E-state index in [4.69, 9.17) is 18.1 Å². The van der Waals surface area contributed by atoms with Crippen LogP contribution >= 0.6 is 0 Å². The normalized spacial score (nSPS) is 9.79. The predicted molar refractivity (Wildman–Crippen MR) is 46.6 cm³/mol. The summed E-state index contributed by atoms with van der Waals surface area (Å²) in [4.78, 5) is 0. The summed E-state index contributed by atoms with van der Waals surface area (Å²) in [6, 6.07) is 6.37. The molecule has 0 aromatic carbocycles. The SMILES string of the molecule is OB(Oc1ccco1)Oc1ccco1. The zero-order valence-electron chi connectivity index (χ0n) is 7.12. The number of hydrogen-bond donors (Lipinski definition) is 1. The third kappa shape index (κ3) is 2.11. The molecule has 0 saturated heterocycles. The summed E-state index contributed by atoms with van der Waals surface area (Å²) >= 11 is 0. The lowest BCUT2D eigenvalue weighted by Crippen LogP contribution is -2.29. The minimum Gasteiger partial charge on any atom is -0.473 e. The second-order valence-corrected chi connectivity index (χ2v) is 2.41. The van der Waals surface area contributed by atoms with E-state index in [2.05, 4.69) is 0 Å². The van der Waals surface area contributed by atoms with Gasteiger partial charge in [0.2, 0.25) is 0 Å². The highest BCUT2D eigenvalue weighted by Gasteiger charge is 2.23. The second kappa shape index (κ2) is 3.93. The van der Waals surface area contributed by atoms with Crippen molar-refractivity contribution in [1.29, 1.82) is 0 Å². The first kappa shape index (κ1) is 8.77. The first-order chi connectivity index (χ1) is 6.84. The van der Waals surface area contributed by atoms with Gasteiger partial charge in [-0.3, -0.25) is 0 Å². The van der Waals surface area contributed by atoms with Crippen LogP contribution in [0.4, 0.5) is 0 Å². The van der Waals surface area contributed by atoms with Gasteiger partial charge >= 0.3 is 7.32 Å². The van der Waals surface area contributed by atoms with Gasteiger partial charge in [-0.1, -0.05) is 0 Å². The van der Waals surface area contributed by atoms with E-state index < -0.39 is 7.32 Å². The number of hydrogen-bond acceptors (Lipinski definition) is 5. The number of rotatable bonds is 4.